The van der Waals surface area contributed by atoms with Crippen molar-refractivity contribution in [2.75, 3.05) is 6.54 Å². The lowest BCUT2D eigenvalue weighted by molar-refractivity contribution is 0.0126. The van der Waals surface area contributed by atoms with Crippen LogP contribution in [0.5, 0.6) is 0 Å². The molecule has 0 fully saturated rings. The van der Waals surface area contributed by atoms with E-state index in [1.807, 2.05) is 0 Å². The van der Waals surface area contributed by atoms with E-state index in [2.05, 4.69) is 15.3 Å². The van der Waals surface area contributed by atoms with Gasteiger partial charge in [0, 0.05) is 24.5 Å². The first-order valence-electron chi connectivity index (χ1n) is 6.30. The van der Waals surface area contributed by atoms with E-state index in [1.165, 1.54) is 12.4 Å². The fraction of sp³-hybridized carbons (Fsp3) is 0.615. The summed E-state index contributed by atoms with van der Waals surface area (Å²) in [6, 6.07) is 0. The number of nitrogens with zero attached hydrogens (tertiary/aromatic N) is 2. The second-order valence-electron chi connectivity index (χ2n) is 5.46. The van der Waals surface area contributed by atoms with Crippen molar-refractivity contribution in [1.29, 1.82) is 0 Å². The number of aliphatic hydroxyl groups excluding tert-OH is 2. The molecule has 0 bridgehead atoms. The minimum Gasteiger partial charge on any atom is -0.444 e. The summed E-state index contributed by atoms with van der Waals surface area (Å²) in [6.45, 7) is 6.80. The fourth-order valence-corrected chi connectivity index (χ4v) is 1.39. The Morgan fingerprint density at radius 3 is 2.40 bits per heavy atom. The molecule has 1 heterocycles. The summed E-state index contributed by atoms with van der Waals surface area (Å²) in [5.74, 6) is 0.572. The fourth-order valence-electron chi connectivity index (χ4n) is 1.39. The third kappa shape index (κ3) is 5.50. The molecule has 0 aliphatic carbocycles. The molecule has 0 aromatic carbocycles. The lowest BCUT2D eigenvalue weighted by Gasteiger charge is -2.22. The van der Waals surface area contributed by atoms with Gasteiger partial charge in [-0.1, -0.05) is 0 Å². The van der Waals surface area contributed by atoms with Crippen molar-refractivity contribution in [3.63, 3.8) is 0 Å². The third-order valence-electron chi connectivity index (χ3n) is 2.36. The number of rotatable bonds is 4. The molecule has 0 saturated carbocycles. The van der Waals surface area contributed by atoms with E-state index in [4.69, 9.17) is 4.74 Å². The normalized spacial score (nSPS) is 14.5. The van der Waals surface area contributed by atoms with Gasteiger partial charge in [-0.05, 0) is 27.7 Å². The summed E-state index contributed by atoms with van der Waals surface area (Å²) < 4.78 is 5.02. The Morgan fingerprint density at radius 1 is 1.35 bits per heavy atom. The number of carbonyl (C=O) groups is 1. The number of aryl methyl sites for hydroxylation is 1. The highest BCUT2D eigenvalue weighted by Crippen LogP contribution is 2.14. The molecule has 0 aliphatic rings. The van der Waals surface area contributed by atoms with E-state index in [0.717, 1.165) is 0 Å². The Kier molecular flexibility index (Phi) is 5.41. The van der Waals surface area contributed by atoms with Gasteiger partial charge in [-0.15, -0.1) is 0 Å². The minimum atomic E-state index is -1.18. The highest BCUT2D eigenvalue weighted by Gasteiger charge is 2.21. The zero-order chi connectivity index (χ0) is 15.3. The largest absolute Gasteiger partial charge is 0.444 e. The smallest absolute Gasteiger partial charge is 0.407 e. The van der Waals surface area contributed by atoms with Gasteiger partial charge < -0.3 is 20.3 Å². The maximum atomic E-state index is 11.4. The number of amides is 1. The SMILES string of the molecule is Cc1ncc(C(O)C(O)CNC(=O)OC(C)(C)C)cn1. The molecular formula is C13H21N3O4. The van der Waals surface area contributed by atoms with Crippen LogP contribution in [0.2, 0.25) is 0 Å². The van der Waals surface area contributed by atoms with Crippen molar-refractivity contribution in [1.82, 2.24) is 15.3 Å². The first-order chi connectivity index (χ1) is 9.19. The van der Waals surface area contributed by atoms with Crippen molar-refractivity contribution in [3.8, 4) is 0 Å². The predicted octanol–water partition coefficient (Wildman–Crippen LogP) is 0.704. The number of hydrogen-bond donors (Lipinski definition) is 3. The first kappa shape index (κ1) is 16.3. The van der Waals surface area contributed by atoms with Gasteiger partial charge in [-0.3, -0.25) is 0 Å². The highest BCUT2D eigenvalue weighted by molar-refractivity contribution is 5.67. The van der Waals surface area contributed by atoms with Gasteiger partial charge in [0.1, 0.15) is 23.6 Å². The molecule has 7 heteroatoms. The van der Waals surface area contributed by atoms with Gasteiger partial charge in [-0.25, -0.2) is 14.8 Å². The molecule has 2 atom stereocenters. The molecule has 1 rings (SSSR count). The topological polar surface area (TPSA) is 105 Å². The van der Waals surface area contributed by atoms with E-state index in [-0.39, 0.29) is 6.54 Å². The molecule has 0 saturated heterocycles. The number of ether oxygens (including phenoxy) is 1. The Bertz CT molecular complexity index is 442. The molecule has 0 aliphatic heterocycles. The standard InChI is InChI=1S/C13H21N3O4/c1-8-14-5-9(6-15-8)11(18)10(17)7-16-12(19)20-13(2,3)4/h5-6,10-11,17-18H,7H2,1-4H3,(H,16,19). The second kappa shape index (κ2) is 6.62. The number of carbonyl (C=O) groups excluding carboxylic acids is 1. The summed E-state index contributed by atoms with van der Waals surface area (Å²) in [7, 11) is 0. The highest BCUT2D eigenvalue weighted by atomic mass is 16.6. The van der Waals surface area contributed by atoms with Crippen LogP contribution in [0.15, 0.2) is 12.4 Å². The van der Waals surface area contributed by atoms with Crippen LogP contribution in [0.4, 0.5) is 4.79 Å². The number of aliphatic hydroxyl groups is 2. The maximum Gasteiger partial charge on any atom is 0.407 e. The molecular weight excluding hydrogens is 262 g/mol. The molecule has 7 nitrogen and oxygen atoms in total. The van der Waals surface area contributed by atoms with Crippen molar-refractivity contribution >= 4 is 6.09 Å². The van der Waals surface area contributed by atoms with Crippen LogP contribution in [-0.2, 0) is 4.74 Å². The summed E-state index contributed by atoms with van der Waals surface area (Å²) >= 11 is 0. The summed E-state index contributed by atoms with van der Waals surface area (Å²) in [4.78, 5) is 19.3. The first-order valence-corrected chi connectivity index (χ1v) is 6.30. The predicted molar refractivity (Wildman–Crippen MR) is 72.0 cm³/mol. The Hall–Kier alpha value is -1.73. The van der Waals surface area contributed by atoms with Crippen molar-refractivity contribution in [2.45, 2.75) is 45.5 Å². The monoisotopic (exact) mass is 283 g/mol. The summed E-state index contributed by atoms with van der Waals surface area (Å²) in [5, 5.41) is 22.1. The van der Waals surface area contributed by atoms with Gasteiger partial charge >= 0.3 is 6.09 Å². The minimum absolute atomic E-state index is 0.135. The van der Waals surface area contributed by atoms with Gasteiger partial charge in [0.05, 0.1) is 0 Å². The van der Waals surface area contributed by atoms with Crippen LogP contribution in [-0.4, -0.2) is 44.5 Å². The lowest BCUT2D eigenvalue weighted by Crippen LogP contribution is -2.38. The summed E-state index contributed by atoms with van der Waals surface area (Å²) in [5.41, 5.74) is -0.229. The Labute approximate surface area is 118 Å². The van der Waals surface area contributed by atoms with Crippen molar-refractivity contribution in [3.05, 3.63) is 23.8 Å². The van der Waals surface area contributed by atoms with Crippen LogP contribution < -0.4 is 5.32 Å². The number of alkyl carbamates (subject to hydrolysis) is 1. The van der Waals surface area contributed by atoms with Crippen LogP contribution >= 0.6 is 0 Å². The van der Waals surface area contributed by atoms with E-state index in [9.17, 15) is 15.0 Å². The molecule has 0 spiro atoms. The van der Waals surface area contributed by atoms with Crippen LogP contribution in [0.3, 0.4) is 0 Å². The zero-order valence-electron chi connectivity index (χ0n) is 12.1. The molecule has 3 N–H and O–H groups in total. The quantitative estimate of drug-likeness (QED) is 0.751. The molecule has 2 unspecified atom stereocenters. The number of nitrogens with one attached hydrogen (secondary N) is 1. The maximum absolute atomic E-state index is 11.4. The van der Waals surface area contributed by atoms with Crippen LogP contribution in [0.1, 0.15) is 38.3 Å². The Balaban J connectivity index is 2.48. The van der Waals surface area contributed by atoms with Gasteiger partial charge in [0.15, 0.2) is 0 Å². The molecule has 20 heavy (non-hydrogen) atoms. The summed E-state index contributed by atoms with van der Waals surface area (Å²) in [6.07, 6.45) is -0.129. The van der Waals surface area contributed by atoms with Crippen LogP contribution in [0, 0.1) is 6.92 Å². The zero-order valence-corrected chi connectivity index (χ0v) is 12.1. The lowest BCUT2D eigenvalue weighted by atomic mass is 10.1. The van der Waals surface area contributed by atoms with Gasteiger partial charge in [0.2, 0.25) is 0 Å². The average Bonchev–Trinajstić information content (AvgIpc) is 2.34. The molecule has 112 valence electrons. The van der Waals surface area contributed by atoms with E-state index in [0.29, 0.717) is 11.4 Å². The van der Waals surface area contributed by atoms with Gasteiger partial charge in [0.25, 0.3) is 0 Å². The van der Waals surface area contributed by atoms with Crippen molar-refractivity contribution < 1.29 is 19.7 Å². The molecule has 0 radical (unpaired) electrons. The van der Waals surface area contributed by atoms with E-state index < -0.39 is 23.9 Å². The second-order valence-corrected chi connectivity index (χ2v) is 5.46. The van der Waals surface area contributed by atoms with E-state index in [1.54, 1.807) is 27.7 Å². The average molecular weight is 283 g/mol. The molecule has 1 amide bonds. The Morgan fingerprint density at radius 2 is 1.90 bits per heavy atom. The third-order valence-corrected chi connectivity index (χ3v) is 2.36. The van der Waals surface area contributed by atoms with E-state index >= 15 is 0 Å². The number of hydrogen-bond acceptors (Lipinski definition) is 6. The van der Waals surface area contributed by atoms with Gasteiger partial charge in [-0.2, -0.15) is 0 Å². The molecule has 1 aromatic rings. The van der Waals surface area contributed by atoms with Crippen molar-refractivity contribution in [2.24, 2.45) is 0 Å². The number of aromatic nitrogens is 2. The van der Waals surface area contributed by atoms with Crippen LogP contribution in [0.25, 0.3) is 0 Å². The molecule has 1 aromatic heterocycles.